The topological polar surface area (TPSA) is 55.8 Å². The quantitative estimate of drug-likeness (QED) is 0.881. The first kappa shape index (κ1) is 14.4. The third-order valence-corrected chi connectivity index (χ3v) is 4.01. The van der Waals surface area contributed by atoms with E-state index in [1.807, 2.05) is 19.1 Å². The number of fused-ring (bicyclic) bond motifs is 1. The maximum absolute atomic E-state index is 11.5. The van der Waals surface area contributed by atoms with Crippen LogP contribution in [0.4, 0.5) is 0 Å². The summed E-state index contributed by atoms with van der Waals surface area (Å²) in [6.07, 6.45) is 0.843. The fraction of sp³-hybridized carbons (Fsp3) is 0.278. The normalized spacial score (nSPS) is 12.7. The maximum Gasteiger partial charge on any atom is 0.163 e. The van der Waals surface area contributed by atoms with Crippen LogP contribution >= 0.6 is 0 Å². The molecule has 0 aliphatic carbocycles. The van der Waals surface area contributed by atoms with Crippen LogP contribution in [0.25, 0.3) is 11.1 Å². The Morgan fingerprint density at radius 3 is 2.68 bits per heavy atom. The molecule has 0 saturated carbocycles. The summed E-state index contributed by atoms with van der Waals surface area (Å²) in [5.41, 5.74) is 4.08. The molecule has 3 rings (SSSR count). The number of phenolic OH excluding ortho intramolecular Hbond substituents is 1. The summed E-state index contributed by atoms with van der Waals surface area (Å²) >= 11 is 0. The van der Waals surface area contributed by atoms with Gasteiger partial charge in [0.25, 0.3) is 0 Å². The van der Waals surface area contributed by atoms with E-state index in [0.29, 0.717) is 12.2 Å². The highest BCUT2D eigenvalue weighted by Gasteiger charge is 2.21. The summed E-state index contributed by atoms with van der Waals surface area (Å²) in [4.78, 5) is 11.5. The number of ether oxygens (including phenoxy) is 2. The Bertz CT molecular complexity index is 762. The Kier molecular flexibility index (Phi) is 3.53. The molecule has 0 radical (unpaired) electrons. The molecule has 1 heterocycles. The summed E-state index contributed by atoms with van der Waals surface area (Å²) in [6, 6.07) is 7.22. The summed E-state index contributed by atoms with van der Waals surface area (Å²) in [7, 11) is 1.63. The van der Waals surface area contributed by atoms with Crippen LogP contribution in [0, 0.1) is 6.92 Å². The zero-order valence-electron chi connectivity index (χ0n) is 12.9. The first-order valence-electron chi connectivity index (χ1n) is 7.20. The summed E-state index contributed by atoms with van der Waals surface area (Å²) < 4.78 is 11.1. The van der Waals surface area contributed by atoms with Crippen molar-refractivity contribution in [1.29, 1.82) is 0 Å². The molecule has 0 amide bonds. The molecule has 4 heteroatoms. The molecule has 0 fully saturated rings. The average molecular weight is 298 g/mol. The van der Waals surface area contributed by atoms with E-state index < -0.39 is 0 Å². The van der Waals surface area contributed by atoms with Gasteiger partial charge in [0, 0.05) is 17.5 Å². The van der Waals surface area contributed by atoms with E-state index >= 15 is 0 Å². The third kappa shape index (κ3) is 2.30. The minimum Gasteiger partial charge on any atom is -0.507 e. The molecular formula is C18H18O4. The maximum atomic E-state index is 11.5. The lowest BCUT2D eigenvalue weighted by molar-refractivity contribution is 0.101. The molecule has 0 unspecified atom stereocenters. The van der Waals surface area contributed by atoms with E-state index in [0.717, 1.165) is 40.2 Å². The van der Waals surface area contributed by atoms with Gasteiger partial charge in [-0.25, -0.2) is 0 Å². The van der Waals surface area contributed by atoms with Gasteiger partial charge in [-0.1, -0.05) is 0 Å². The highest BCUT2D eigenvalue weighted by Crippen LogP contribution is 2.42. The highest BCUT2D eigenvalue weighted by molar-refractivity contribution is 5.98. The van der Waals surface area contributed by atoms with Crippen LogP contribution in [0.2, 0.25) is 0 Å². The number of ketones is 1. The van der Waals surface area contributed by atoms with Crippen molar-refractivity contribution < 1.29 is 19.4 Å². The summed E-state index contributed by atoms with van der Waals surface area (Å²) in [5.74, 6) is 1.43. The first-order chi connectivity index (χ1) is 10.5. The lowest BCUT2D eigenvalue weighted by Crippen LogP contribution is -1.97. The van der Waals surface area contributed by atoms with Crippen molar-refractivity contribution in [3.8, 4) is 28.4 Å². The van der Waals surface area contributed by atoms with E-state index in [1.54, 1.807) is 19.2 Å². The van der Waals surface area contributed by atoms with Crippen LogP contribution in [0.3, 0.4) is 0 Å². The number of aromatic hydroxyl groups is 1. The summed E-state index contributed by atoms with van der Waals surface area (Å²) in [6.45, 7) is 4.01. The number of phenols is 1. The molecule has 0 spiro atoms. The molecule has 114 valence electrons. The van der Waals surface area contributed by atoms with Gasteiger partial charge in [0.1, 0.15) is 17.2 Å². The molecule has 2 aromatic carbocycles. The number of hydrogen-bond acceptors (Lipinski definition) is 4. The number of carbonyl (C=O) groups excluding carboxylic acids is 1. The number of hydrogen-bond donors (Lipinski definition) is 1. The molecule has 22 heavy (non-hydrogen) atoms. The number of Topliss-reactive ketones (excluding diaryl/α,β-unsaturated/α-hetero) is 1. The first-order valence-corrected chi connectivity index (χ1v) is 7.20. The van der Waals surface area contributed by atoms with Crippen LogP contribution in [0.15, 0.2) is 24.3 Å². The predicted octanol–water partition coefficient (Wildman–Crippen LogP) is 3.51. The second-order valence-corrected chi connectivity index (χ2v) is 5.50. The van der Waals surface area contributed by atoms with E-state index in [1.165, 1.54) is 6.92 Å². The number of aryl methyl sites for hydroxylation is 1. The third-order valence-electron chi connectivity index (χ3n) is 4.01. The van der Waals surface area contributed by atoms with Crippen molar-refractivity contribution in [2.45, 2.75) is 20.3 Å². The zero-order chi connectivity index (χ0) is 15.9. The lowest BCUT2D eigenvalue weighted by Gasteiger charge is -2.14. The van der Waals surface area contributed by atoms with Crippen molar-refractivity contribution in [1.82, 2.24) is 0 Å². The molecule has 0 saturated heterocycles. The Morgan fingerprint density at radius 1 is 1.23 bits per heavy atom. The monoisotopic (exact) mass is 298 g/mol. The second kappa shape index (κ2) is 5.37. The Morgan fingerprint density at radius 2 is 2.00 bits per heavy atom. The average Bonchev–Trinajstić information content (AvgIpc) is 2.96. The van der Waals surface area contributed by atoms with Gasteiger partial charge in [-0.3, -0.25) is 4.79 Å². The zero-order valence-corrected chi connectivity index (χ0v) is 12.9. The highest BCUT2D eigenvalue weighted by atomic mass is 16.5. The summed E-state index contributed by atoms with van der Waals surface area (Å²) in [5, 5.41) is 10.1. The molecule has 0 bridgehead atoms. The fourth-order valence-electron chi connectivity index (χ4n) is 2.87. The molecule has 1 N–H and O–H groups in total. The van der Waals surface area contributed by atoms with Crippen LogP contribution in [0.1, 0.15) is 28.4 Å². The van der Waals surface area contributed by atoms with Gasteiger partial charge in [-0.05, 0) is 49.2 Å². The van der Waals surface area contributed by atoms with Gasteiger partial charge in [-0.2, -0.15) is 0 Å². The van der Waals surface area contributed by atoms with Crippen molar-refractivity contribution in [3.05, 3.63) is 41.0 Å². The Balaban J connectivity index is 2.22. The minimum absolute atomic E-state index is 0.0114. The molecule has 1 aliphatic heterocycles. The molecule has 0 atom stereocenters. The fourth-order valence-corrected chi connectivity index (χ4v) is 2.87. The predicted molar refractivity (Wildman–Crippen MR) is 84.0 cm³/mol. The van der Waals surface area contributed by atoms with Gasteiger partial charge in [0.15, 0.2) is 5.78 Å². The number of carbonyl (C=O) groups is 1. The second-order valence-electron chi connectivity index (χ2n) is 5.50. The van der Waals surface area contributed by atoms with Crippen LogP contribution in [0.5, 0.6) is 17.2 Å². The minimum atomic E-state index is -0.153. The van der Waals surface area contributed by atoms with E-state index in [9.17, 15) is 9.90 Å². The largest absolute Gasteiger partial charge is 0.507 e. The standard InChI is InChI=1S/C18H18O4/c1-10-6-15(11(2)19)17(20)9-14(10)16-8-13(21-3)7-12-4-5-22-18(12)16/h6-9,20H,4-5H2,1-3H3. The van der Waals surface area contributed by atoms with Crippen molar-refractivity contribution >= 4 is 5.78 Å². The van der Waals surface area contributed by atoms with Gasteiger partial charge in [0.2, 0.25) is 0 Å². The van der Waals surface area contributed by atoms with Gasteiger partial charge < -0.3 is 14.6 Å². The molecule has 1 aliphatic rings. The molecule has 4 nitrogen and oxygen atoms in total. The Hall–Kier alpha value is -2.49. The van der Waals surface area contributed by atoms with E-state index in [4.69, 9.17) is 9.47 Å². The van der Waals surface area contributed by atoms with Crippen LogP contribution in [-0.4, -0.2) is 24.6 Å². The van der Waals surface area contributed by atoms with Gasteiger partial charge >= 0.3 is 0 Å². The van der Waals surface area contributed by atoms with Crippen LogP contribution < -0.4 is 9.47 Å². The molecular weight excluding hydrogens is 280 g/mol. The number of methoxy groups -OCH3 is 1. The SMILES string of the molecule is COc1cc2c(c(-c3cc(O)c(C(C)=O)cc3C)c1)OCC2. The van der Waals surface area contributed by atoms with Crippen molar-refractivity contribution in [2.75, 3.05) is 13.7 Å². The molecule has 2 aromatic rings. The lowest BCUT2D eigenvalue weighted by atomic mass is 9.94. The van der Waals surface area contributed by atoms with Crippen LogP contribution in [-0.2, 0) is 6.42 Å². The molecule has 0 aromatic heterocycles. The number of benzene rings is 2. The van der Waals surface area contributed by atoms with E-state index in [-0.39, 0.29) is 11.5 Å². The van der Waals surface area contributed by atoms with Crippen molar-refractivity contribution in [2.24, 2.45) is 0 Å². The van der Waals surface area contributed by atoms with Crippen molar-refractivity contribution in [3.63, 3.8) is 0 Å². The smallest absolute Gasteiger partial charge is 0.163 e. The van der Waals surface area contributed by atoms with Gasteiger partial charge in [0.05, 0.1) is 19.3 Å². The van der Waals surface area contributed by atoms with E-state index in [2.05, 4.69) is 0 Å². The number of rotatable bonds is 3. The Labute approximate surface area is 129 Å². The van der Waals surface area contributed by atoms with Gasteiger partial charge in [-0.15, -0.1) is 0 Å².